The van der Waals surface area contributed by atoms with Gasteiger partial charge in [0.2, 0.25) is 10.0 Å². The van der Waals surface area contributed by atoms with Crippen molar-refractivity contribution in [2.75, 3.05) is 14.1 Å². The van der Waals surface area contributed by atoms with E-state index in [1.807, 2.05) is 19.1 Å². The number of aryl methyl sites for hydroxylation is 1. The van der Waals surface area contributed by atoms with Gasteiger partial charge in [0.05, 0.1) is 11.4 Å². The van der Waals surface area contributed by atoms with E-state index >= 15 is 0 Å². The summed E-state index contributed by atoms with van der Waals surface area (Å²) in [7, 11) is -0.832. The third-order valence-corrected chi connectivity index (χ3v) is 5.86. The molecule has 0 amide bonds. The van der Waals surface area contributed by atoms with Crippen LogP contribution in [0.2, 0.25) is 0 Å². The van der Waals surface area contributed by atoms with Crippen molar-refractivity contribution in [3.63, 3.8) is 0 Å². The van der Waals surface area contributed by atoms with Crippen LogP contribution in [0.25, 0.3) is 11.0 Å². The molecule has 3 aromatic rings. The highest BCUT2D eigenvalue weighted by Crippen LogP contribution is 2.19. The van der Waals surface area contributed by atoms with Gasteiger partial charge in [-0.3, -0.25) is 4.79 Å². The molecule has 2 heterocycles. The zero-order valence-corrected chi connectivity index (χ0v) is 15.4. The average Bonchev–Trinajstić information content (AvgIpc) is 2.55. The Morgan fingerprint density at radius 1 is 1.08 bits per heavy atom. The smallest absolute Gasteiger partial charge is 0.336 e. The summed E-state index contributed by atoms with van der Waals surface area (Å²) in [6.07, 6.45) is 1.28. The highest BCUT2D eigenvalue weighted by Gasteiger charge is 2.18. The van der Waals surface area contributed by atoms with E-state index < -0.39 is 15.6 Å². The lowest BCUT2D eigenvalue weighted by molar-refractivity contribution is 0.519. The molecular formula is C18H18N2O5S. The lowest BCUT2D eigenvalue weighted by atomic mass is 10.1. The molecule has 0 aliphatic carbocycles. The van der Waals surface area contributed by atoms with Crippen LogP contribution in [0.3, 0.4) is 0 Å². The van der Waals surface area contributed by atoms with Crippen LogP contribution >= 0.6 is 0 Å². The Morgan fingerprint density at radius 2 is 1.81 bits per heavy atom. The Morgan fingerprint density at radius 3 is 2.50 bits per heavy atom. The third-order valence-electron chi connectivity index (χ3n) is 4.06. The van der Waals surface area contributed by atoms with Crippen LogP contribution in [-0.4, -0.2) is 31.4 Å². The third kappa shape index (κ3) is 3.33. The molecule has 0 saturated heterocycles. The molecule has 0 fully saturated rings. The maximum Gasteiger partial charge on any atom is 0.336 e. The van der Waals surface area contributed by atoms with E-state index in [9.17, 15) is 18.0 Å². The summed E-state index contributed by atoms with van der Waals surface area (Å²) in [5, 5.41) is 0.697. The van der Waals surface area contributed by atoms with E-state index in [2.05, 4.69) is 0 Å². The Balaban J connectivity index is 2.14. The van der Waals surface area contributed by atoms with Gasteiger partial charge >= 0.3 is 5.63 Å². The van der Waals surface area contributed by atoms with Crippen molar-refractivity contribution in [2.45, 2.75) is 18.4 Å². The minimum atomic E-state index is -3.67. The Hall–Kier alpha value is -2.71. The molecule has 3 rings (SSSR count). The van der Waals surface area contributed by atoms with Gasteiger partial charge in [-0.15, -0.1) is 0 Å². The number of aromatic nitrogens is 1. The van der Waals surface area contributed by atoms with Crippen LogP contribution < -0.4 is 11.2 Å². The molecule has 0 radical (unpaired) electrons. The van der Waals surface area contributed by atoms with Gasteiger partial charge < -0.3 is 8.98 Å². The normalized spacial score (nSPS) is 12.0. The molecule has 0 unspecified atom stereocenters. The average molecular weight is 374 g/mol. The van der Waals surface area contributed by atoms with E-state index in [-0.39, 0.29) is 17.0 Å². The van der Waals surface area contributed by atoms with Crippen molar-refractivity contribution < 1.29 is 12.8 Å². The molecule has 2 aromatic heterocycles. The number of fused-ring (bicyclic) bond motifs is 1. The second-order valence-electron chi connectivity index (χ2n) is 6.21. The highest BCUT2D eigenvalue weighted by atomic mass is 32.2. The van der Waals surface area contributed by atoms with Crippen LogP contribution in [0, 0.1) is 6.92 Å². The van der Waals surface area contributed by atoms with Gasteiger partial charge in [-0.2, -0.15) is 0 Å². The molecule has 1 aromatic carbocycles. The molecule has 0 saturated carbocycles. The zero-order chi connectivity index (χ0) is 19.1. The van der Waals surface area contributed by atoms with Crippen molar-refractivity contribution in [1.82, 2.24) is 8.87 Å². The van der Waals surface area contributed by atoms with Crippen molar-refractivity contribution in [3.05, 3.63) is 74.5 Å². The van der Waals surface area contributed by atoms with E-state index in [1.54, 1.807) is 6.07 Å². The van der Waals surface area contributed by atoms with Gasteiger partial charge in [0.25, 0.3) is 5.56 Å². The van der Waals surface area contributed by atoms with Gasteiger partial charge in [0, 0.05) is 37.8 Å². The van der Waals surface area contributed by atoms with Crippen LogP contribution in [0.15, 0.2) is 61.5 Å². The highest BCUT2D eigenvalue weighted by molar-refractivity contribution is 7.89. The van der Waals surface area contributed by atoms with Crippen LogP contribution in [0.4, 0.5) is 0 Å². The first-order valence-corrected chi connectivity index (χ1v) is 9.29. The van der Waals surface area contributed by atoms with Gasteiger partial charge in [0.15, 0.2) is 0 Å². The zero-order valence-electron chi connectivity index (χ0n) is 14.6. The standard InChI is InChI=1S/C18H18N2O5S/c1-12-4-6-15-13(9-18(22)25-16(15)8-12)10-20-11-14(5-7-17(20)21)26(23,24)19(2)3/h4-9,11H,10H2,1-3H3. The second-order valence-corrected chi connectivity index (χ2v) is 8.36. The number of nitrogens with zero attached hydrogens (tertiary/aromatic N) is 2. The molecule has 26 heavy (non-hydrogen) atoms. The monoisotopic (exact) mass is 374 g/mol. The Bertz CT molecular complexity index is 1210. The van der Waals surface area contributed by atoms with Gasteiger partial charge in [-0.05, 0) is 30.2 Å². The number of pyridine rings is 1. The largest absolute Gasteiger partial charge is 0.423 e. The second kappa shape index (κ2) is 6.54. The molecule has 0 bridgehead atoms. The lowest BCUT2D eigenvalue weighted by Gasteiger charge is -2.13. The lowest BCUT2D eigenvalue weighted by Crippen LogP contribution is -2.26. The van der Waals surface area contributed by atoms with Gasteiger partial charge in [-0.25, -0.2) is 17.5 Å². The molecule has 0 aliphatic rings. The van der Waals surface area contributed by atoms with Crippen molar-refractivity contribution in [3.8, 4) is 0 Å². The van der Waals surface area contributed by atoms with Gasteiger partial charge in [0.1, 0.15) is 5.58 Å². The molecular weight excluding hydrogens is 356 g/mol. The summed E-state index contributed by atoms with van der Waals surface area (Å²) < 4.78 is 32.2. The summed E-state index contributed by atoms with van der Waals surface area (Å²) in [6, 6.07) is 9.23. The minimum Gasteiger partial charge on any atom is -0.423 e. The minimum absolute atomic E-state index is 0.00483. The predicted molar refractivity (Wildman–Crippen MR) is 97.9 cm³/mol. The molecule has 0 N–H and O–H groups in total. The summed E-state index contributed by atoms with van der Waals surface area (Å²) in [5.41, 5.74) is 1.06. The number of hydrogen-bond acceptors (Lipinski definition) is 5. The summed E-state index contributed by atoms with van der Waals surface area (Å²) in [5.74, 6) is 0. The first kappa shape index (κ1) is 18.1. The molecule has 8 heteroatoms. The topological polar surface area (TPSA) is 89.6 Å². The Kier molecular flexibility index (Phi) is 4.55. The number of benzene rings is 1. The molecule has 136 valence electrons. The van der Waals surface area contributed by atoms with E-state index in [0.717, 1.165) is 9.87 Å². The molecule has 0 spiro atoms. The molecule has 0 aliphatic heterocycles. The first-order chi connectivity index (χ1) is 12.2. The fraction of sp³-hybridized carbons (Fsp3) is 0.222. The fourth-order valence-electron chi connectivity index (χ4n) is 2.65. The maximum absolute atomic E-state index is 12.3. The summed E-state index contributed by atoms with van der Waals surface area (Å²) >= 11 is 0. The molecule has 0 atom stereocenters. The molecule has 7 nitrogen and oxygen atoms in total. The van der Waals surface area contributed by atoms with Crippen LogP contribution in [0.5, 0.6) is 0 Å². The van der Waals surface area contributed by atoms with Crippen LogP contribution in [-0.2, 0) is 16.6 Å². The van der Waals surface area contributed by atoms with E-state index in [4.69, 9.17) is 4.42 Å². The van der Waals surface area contributed by atoms with Crippen molar-refractivity contribution >= 4 is 21.0 Å². The van der Waals surface area contributed by atoms with Crippen molar-refractivity contribution in [2.24, 2.45) is 0 Å². The van der Waals surface area contributed by atoms with Crippen molar-refractivity contribution in [1.29, 1.82) is 0 Å². The SMILES string of the molecule is Cc1ccc2c(Cn3cc(S(=O)(=O)N(C)C)ccc3=O)cc(=O)oc2c1. The summed E-state index contributed by atoms with van der Waals surface area (Å²) in [6.45, 7) is 1.94. The van der Waals surface area contributed by atoms with Crippen LogP contribution in [0.1, 0.15) is 11.1 Å². The Labute approximate surface area is 150 Å². The number of rotatable bonds is 4. The number of hydrogen-bond donors (Lipinski definition) is 0. The quantitative estimate of drug-likeness (QED) is 0.647. The van der Waals surface area contributed by atoms with E-state index in [0.29, 0.717) is 16.5 Å². The maximum atomic E-state index is 12.3. The summed E-state index contributed by atoms with van der Waals surface area (Å²) in [4.78, 5) is 24.1. The van der Waals surface area contributed by atoms with Gasteiger partial charge in [-0.1, -0.05) is 12.1 Å². The first-order valence-electron chi connectivity index (χ1n) is 7.85. The van der Waals surface area contributed by atoms with E-state index in [1.165, 1.54) is 43.1 Å². The predicted octanol–water partition coefficient (Wildman–Crippen LogP) is 1.56. The fourth-order valence-corrected chi connectivity index (χ4v) is 3.57. The number of sulfonamides is 1.